The normalized spacial score (nSPS) is 12.6. The second kappa shape index (κ2) is 6.61. The van der Waals surface area contributed by atoms with Gasteiger partial charge in [-0.05, 0) is 18.6 Å². The smallest absolute Gasteiger partial charge is 0.0537 e. The summed E-state index contributed by atoms with van der Waals surface area (Å²) in [5.74, 6) is 1.02. The molecule has 2 N–H and O–H groups in total. The molecule has 2 aromatic rings. The van der Waals surface area contributed by atoms with Crippen molar-refractivity contribution < 1.29 is 0 Å². The van der Waals surface area contributed by atoms with E-state index in [2.05, 4.69) is 42.5 Å². The van der Waals surface area contributed by atoms with Crippen molar-refractivity contribution in [2.75, 3.05) is 5.75 Å². The molecule has 0 saturated heterocycles. The van der Waals surface area contributed by atoms with Crippen LogP contribution < -0.4 is 5.73 Å². The summed E-state index contributed by atoms with van der Waals surface area (Å²) in [6.07, 6.45) is 4.88. The topological polar surface area (TPSA) is 43.8 Å². The summed E-state index contributed by atoms with van der Waals surface area (Å²) in [6.45, 7) is 3.00. The molecule has 0 radical (unpaired) electrons. The first kappa shape index (κ1) is 13.2. The Labute approximate surface area is 112 Å². The summed E-state index contributed by atoms with van der Waals surface area (Å²) in [7, 11) is 0. The molecule has 1 aromatic heterocycles. The average Bonchev–Trinajstić information content (AvgIpc) is 2.88. The van der Waals surface area contributed by atoms with Crippen molar-refractivity contribution in [1.29, 1.82) is 0 Å². The first-order valence-corrected chi connectivity index (χ1v) is 7.24. The van der Waals surface area contributed by atoms with Crippen LogP contribution in [-0.4, -0.2) is 15.5 Å². The third-order valence-electron chi connectivity index (χ3n) is 2.85. The van der Waals surface area contributed by atoms with E-state index in [1.807, 2.05) is 28.7 Å². The van der Waals surface area contributed by atoms with Crippen LogP contribution in [0.4, 0.5) is 0 Å². The molecule has 1 aromatic carbocycles. The van der Waals surface area contributed by atoms with Gasteiger partial charge in [0.1, 0.15) is 0 Å². The third kappa shape index (κ3) is 3.62. The molecular formula is C14H19N3S. The highest BCUT2D eigenvalue weighted by Gasteiger charge is 2.05. The fraction of sp³-hybridized carbons (Fsp3) is 0.357. The zero-order chi connectivity index (χ0) is 12.8. The van der Waals surface area contributed by atoms with Crippen LogP contribution in [0.2, 0.25) is 0 Å². The molecule has 1 atom stereocenters. The zero-order valence-electron chi connectivity index (χ0n) is 10.6. The first-order valence-electron chi connectivity index (χ1n) is 6.25. The lowest BCUT2D eigenvalue weighted by atomic mass is 10.1. The van der Waals surface area contributed by atoms with Crippen LogP contribution in [0, 0.1) is 0 Å². The zero-order valence-corrected chi connectivity index (χ0v) is 11.4. The fourth-order valence-corrected chi connectivity index (χ4v) is 2.57. The van der Waals surface area contributed by atoms with Crippen molar-refractivity contribution in [3.8, 4) is 0 Å². The van der Waals surface area contributed by atoms with Gasteiger partial charge in [-0.15, -0.1) is 11.8 Å². The van der Waals surface area contributed by atoms with E-state index < -0.39 is 0 Å². The highest BCUT2D eigenvalue weighted by molar-refractivity contribution is 7.99. The maximum atomic E-state index is 5.97. The van der Waals surface area contributed by atoms with Gasteiger partial charge in [-0.3, -0.25) is 4.68 Å². The van der Waals surface area contributed by atoms with Crippen LogP contribution in [-0.2, 0) is 6.54 Å². The van der Waals surface area contributed by atoms with Crippen LogP contribution in [0.1, 0.15) is 24.9 Å². The minimum atomic E-state index is 0.112. The van der Waals surface area contributed by atoms with Crippen LogP contribution in [0.3, 0.4) is 0 Å². The molecule has 1 unspecified atom stereocenters. The maximum absolute atomic E-state index is 5.97. The Balaban J connectivity index is 1.82. The van der Waals surface area contributed by atoms with Crippen LogP contribution in [0.25, 0.3) is 0 Å². The van der Waals surface area contributed by atoms with Gasteiger partial charge in [-0.1, -0.05) is 25.1 Å². The van der Waals surface area contributed by atoms with Gasteiger partial charge in [0.25, 0.3) is 0 Å². The number of nitrogens with zero attached hydrogens (tertiary/aromatic N) is 2. The minimum Gasteiger partial charge on any atom is -0.324 e. The molecule has 1 heterocycles. The molecule has 96 valence electrons. The van der Waals surface area contributed by atoms with Crippen molar-refractivity contribution in [2.45, 2.75) is 30.8 Å². The third-order valence-corrected chi connectivity index (χ3v) is 3.85. The summed E-state index contributed by atoms with van der Waals surface area (Å²) >= 11 is 1.85. The highest BCUT2D eigenvalue weighted by atomic mass is 32.2. The molecule has 0 spiro atoms. The lowest BCUT2D eigenvalue weighted by molar-refractivity contribution is 0.659. The standard InChI is InChI=1S/C14H19N3S/c1-2-14(15)12-10-16-17(11-12)8-9-18-13-6-4-3-5-7-13/h3-7,10-11,14H,2,8-9,15H2,1H3. The monoisotopic (exact) mass is 261 g/mol. The van der Waals surface area contributed by atoms with E-state index in [4.69, 9.17) is 5.73 Å². The molecule has 18 heavy (non-hydrogen) atoms. The lowest BCUT2D eigenvalue weighted by Crippen LogP contribution is -2.07. The van der Waals surface area contributed by atoms with Crippen molar-refractivity contribution in [1.82, 2.24) is 9.78 Å². The van der Waals surface area contributed by atoms with Gasteiger partial charge < -0.3 is 5.73 Å². The summed E-state index contributed by atoms with van der Waals surface area (Å²) in [5.41, 5.74) is 7.10. The van der Waals surface area contributed by atoms with E-state index in [0.717, 1.165) is 24.3 Å². The number of nitrogens with two attached hydrogens (primary N) is 1. The minimum absolute atomic E-state index is 0.112. The molecule has 2 rings (SSSR count). The SMILES string of the molecule is CCC(N)c1cnn(CCSc2ccccc2)c1. The van der Waals surface area contributed by atoms with Gasteiger partial charge in [-0.25, -0.2) is 0 Å². The Bertz CT molecular complexity index is 467. The molecule has 0 saturated carbocycles. The molecule has 0 aliphatic heterocycles. The second-order valence-electron chi connectivity index (χ2n) is 4.21. The number of hydrogen-bond acceptors (Lipinski definition) is 3. The first-order chi connectivity index (χ1) is 8.79. The quantitative estimate of drug-likeness (QED) is 0.813. The summed E-state index contributed by atoms with van der Waals surface area (Å²) in [5, 5.41) is 4.34. The molecule has 3 nitrogen and oxygen atoms in total. The van der Waals surface area contributed by atoms with E-state index in [1.165, 1.54) is 4.90 Å². The fourth-order valence-electron chi connectivity index (χ4n) is 1.70. The van der Waals surface area contributed by atoms with E-state index in [9.17, 15) is 0 Å². The van der Waals surface area contributed by atoms with Gasteiger partial charge in [0.15, 0.2) is 0 Å². The molecule has 0 bridgehead atoms. The van der Waals surface area contributed by atoms with E-state index in [0.29, 0.717) is 0 Å². The van der Waals surface area contributed by atoms with Crippen molar-refractivity contribution >= 4 is 11.8 Å². The van der Waals surface area contributed by atoms with Crippen molar-refractivity contribution in [3.05, 3.63) is 48.3 Å². The summed E-state index contributed by atoms with van der Waals surface area (Å²) in [4.78, 5) is 1.30. The number of thioether (sulfide) groups is 1. The van der Waals surface area contributed by atoms with E-state index >= 15 is 0 Å². The number of hydrogen-bond donors (Lipinski definition) is 1. The van der Waals surface area contributed by atoms with Crippen LogP contribution >= 0.6 is 11.8 Å². The van der Waals surface area contributed by atoms with Crippen molar-refractivity contribution in [3.63, 3.8) is 0 Å². The molecule has 0 amide bonds. The van der Waals surface area contributed by atoms with Gasteiger partial charge >= 0.3 is 0 Å². The molecule has 4 heteroatoms. The predicted octanol–water partition coefficient (Wildman–Crippen LogP) is 3.09. The molecular weight excluding hydrogens is 242 g/mol. The Kier molecular flexibility index (Phi) is 4.84. The number of benzene rings is 1. The summed E-state index contributed by atoms with van der Waals surface area (Å²) < 4.78 is 1.97. The molecule has 0 aliphatic rings. The number of aromatic nitrogens is 2. The van der Waals surface area contributed by atoms with E-state index in [1.54, 1.807) is 0 Å². The summed E-state index contributed by atoms with van der Waals surface area (Å²) in [6, 6.07) is 10.5. The Morgan fingerprint density at radius 1 is 1.33 bits per heavy atom. The second-order valence-corrected chi connectivity index (χ2v) is 5.38. The van der Waals surface area contributed by atoms with Crippen LogP contribution in [0.15, 0.2) is 47.6 Å². The van der Waals surface area contributed by atoms with Gasteiger partial charge in [0.05, 0.1) is 12.7 Å². The Morgan fingerprint density at radius 2 is 2.11 bits per heavy atom. The average molecular weight is 261 g/mol. The van der Waals surface area contributed by atoms with Gasteiger partial charge in [0, 0.05) is 28.5 Å². The predicted molar refractivity (Wildman–Crippen MR) is 76.6 cm³/mol. The molecule has 0 aliphatic carbocycles. The van der Waals surface area contributed by atoms with E-state index in [-0.39, 0.29) is 6.04 Å². The van der Waals surface area contributed by atoms with Crippen LogP contribution in [0.5, 0.6) is 0 Å². The Hall–Kier alpha value is -1.26. The molecule has 0 fully saturated rings. The van der Waals surface area contributed by atoms with Crippen molar-refractivity contribution in [2.24, 2.45) is 5.73 Å². The van der Waals surface area contributed by atoms with Gasteiger partial charge in [-0.2, -0.15) is 5.10 Å². The van der Waals surface area contributed by atoms with Gasteiger partial charge in [0.2, 0.25) is 0 Å². The number of aryl methyl sites for hydroxylation is 1. The largest absolute Gasteiger partial charge is 0.324 e. The Morgan fingerprint density at radius 3 is 2.83 bits per heavy atom. The highest BCUT2D eigenvalue weighted by Crippen LogP contribution is 2.17. The number of rotatable bonds is 6. The lowest BCUT2D eigenvalue weighted by Gasteiger charge is -2.04. The maximum Gasteiger partial charge on any atom is 0.0537 e.